The number of anilines is 1. The molecule has 0 saturated carbocycles. The van der Waals surface area contributed by atoms with Crippen LogP contribution in [0.4, 0.5) is 5.69 Å². The molecular weight excluding hydrogens is 330 g/mol. The Kier molecular flexibility index (Phi) is 4.74. The van der Waals surface area contributed by atoms with Crippen molar-refractivity contribution in [3.8, 4) is 0 Å². The van der Waals surface area contributed by atoms with Gasteiger partial charge in [-0.15, -0.1) is 11.8 Å². The summed E-state index contributed by atoms with van der Waals surface area (Å²) < 4.78 is 0. The van der Waals surface area contributed by atoms with Crippen molar-refractivity contribution in [3.05, 3.63) is 58.6 Å². The number of amides is 1. The Hall–Kier alpha value is -1.78. The lowest BCUT2D eigenvalue weighted by atomic mass is 10.0. The van der Waals surface area contributed by atoms with E-state index in [1.165, 1.54) is 11.8 Å². The molecule has 2 aromatic rings. The van der Waals surface area contributed by atoms with Gasteiger partial charge in [0.25, 0.3) is 0 Å². The van der Waals surface area contributed by atoms with Crippen molar-refractivity contribution in [3.63, 3.8) is 0 Å². The summed E-state index contributed by atoms with van der Waals surface area (Å²) in [4.78, 5) is 25.5. The van der Waals surface area contributed by atoms with Gasteiger partial charge in [-0.3, -0.25) is 9.59 Å². The average molecular weight is 346 g/mol. The highest BCUT2D eigenvalue weighted by Gasteiger charge is 2.28. The molecule has 118 valence electrons. The smallest absolute Gasteiger partial charge is 0.238 e. The number of halogens is 1. The highest BCUT2D eigenvalue weighted by molar-refractivity contribution is 8.01. The number of hydrogen-bond donors (Lipinski definition) is 1. The molecule has 1 amide bonds. The van der Waals surface area contributed by atoms with Crippen molar-refractivity contribution in [2.75, 3.05) is 5.32 Å². The molecule has 0 bridgehead atoms. The summed E-state index contributed by atoms with van der Waals surface area (Å²) in [6.07, 6.45) is 0.523. The normalized spacial score (nSPS) is 16.6. The van der Waals surface area contributed by atoms with Crippen molar-refractivity contribution < 1.29 is 9.59 Å². The number of carbonyl (C=O) groups is 2. The molecule has 0 fully saturated rings. The minimum absolute atomic E-state index is 0.0439. The lowest BCUT2D eigenvalue weighted by molar-refractivity contribution is -0.122. The summed E-state index contributed by atoms with van der Waals surface area (Å²) in [5.41, 5.74) is 2.66. The summed E-state index contributed by atoms with van der Waals surface area (Å²) in [6, 6.07) is 13.2. The molecule has 1 aliphatic heterocycles. The maximum Gasteiger partial charge on any atom is 0.238 e. The van der Waals surface area contributed by atoms with Crippen LogP contribution >= 0.6 is 23.4 Å². The third kappa shape index (κ3) is 3.59. The van der Waals surface area contributed by atoms with Crippen LogP contribution in [0.2, 0.25) is 5.02 Å². The lowest BCUT2D eigenvalue weighted by Gasteiger charge is -2.23. The van der Waals surface area contributed by atoms with Crippen LogP contribution in [0.25, 0.3) is 0 Å². The Bertz CT molecular complexity index is 775. The highest BCUT2D eigenvalue weighted by atomic mass is 35.5. The Morgan fingerprint density at radius 2 is 2.00 bits per heavy atom. The number of hydrogen-bond acceptors (Lipinski definition) is 3. The number of benzene rings is 2. The summed E-state index contributed by atoms with van der Waals surface area (Å²) in [6.45, 7) is 1.91. The van der Waals surface area contributed by atoms with Crippen LogP contribution in [-0.4, -0.2) is 16.9 Å². The number of carbonyl (C=O) groups excluding carboxylic acids is 2. The van der Waals surface area contributed by atoms with Gasteiger partial charge < -0.3 is 5.32 Å². The van der Waals surface area contributed by atoms with Crippen LogP contribution in [0.1, 0.15) is 17.5 Å². The third-order valence-electron chi connectivity index (χ3n) is 3.89. The molecule has 0 aliphatic carbocycles. The molecule has 5 heteroatoms. The van der Waals surface area contributed by atoms with Gasteiger partial charge >= 0.3 is 0 Å². The van der Waals surface area contributed by atoms with Crippen LogP contribution in [0.5, 0.6) is 0 Å². The molecule has 0 unspecified atom stereocenters. The fourth-order valence-electron chi connectivity index (χ4n) is 2.56. The molecule has 3 nitrogen and oxygen atoms in total. The average Bonchev–Trinajstić information content (AvgIpc) is 2.52. The van der Waals surface area contributed by atoms with Crippen molar-refractivity contribution in [2.24, 2.45) is 0 Å². The highest BCUT2D eigenvalue weighted by Crippen LogP contribution is 2.36. The second-order valence-electron chi connectivity index (χ2n) is 5.54. The Balaban J connectivity index is 1.69. The minimum atomic E-state index is -0.378. The van der Waals surface area contributed by atoms with E-state index in [0.29, 0.717) is 11.4 Å². The van der Waals surface area contributed by atoms with E-state index in [2.05, 4.69) is 5.32 Å². The molecule has 0 spiro atoms. The fraction of sp³-hybridized carbons (Fsp3) is 0.222. The minimum Gasteiger partial charge on any atom is -0.324 e. The topological polar surface area (TPSA) is 46.2 Å². The SMILES string of the molecule is Cc1c(Cl)cccc1CC(=O)C[C@H]1Sc2ccccc2NC1=O. The van der Waals surface area contributed by atoms with Gasteiger partial charge in [-0.1, -0.05) is 35.9 Å². The molecular formula is C18H16ClNO2S. The zero-order valence-electron chi connectivity index (χ0n) is 12.6. The van der Waals surface area contributed by atoms with Crippen molar-refractivity contribution in [1.82, 2.24) is 0 Å². The Morgan fingerprint density at radius 3 is 2.83 bits per heavy atom. The third-order valence-corrected chi connectivity index (χ3v) is 5.57. The van der Waals surface area contributed by atoms with Crippen LogP contribution in [-0.2, 0) is 16.0 Å². The van der Waals surface area contributed by atoms with Gasteiger partial charge in [-0.25, -0.2) is 0 Å². The number of nitrogens with one attached hydrogen (secondary N) is 1. The Morgan fingerprint density at radius 1 is 1.22 bits per heavy atom. The molecule has 0 radical (unpaired) electrons. The number of thioether (sulfide) groups is 1. The first kappa shape index (κ1) is 16.1. The zero-order valence-corrected chi connectivity index (χ0v) is 14.2. The molecule has 23 heavy (non-hydrogen) atoms. The first-order chi connectivity index (χ1) is 11.0. The van der Waals surface area contributed by atoms with Gasteiger partial charge in [-0.2, -0.15) is 0 Å². The van der Waals surface area contributed by atoms with E-state index in [1.807, 2.05) is 49.4 Å². The van der Waals surface area contributed by atoms with Gasteiger partial charge in [0, 0.05) is 22.8 Å². The quantitative estimate of drug-likeness (QED) is 0.900. The summed E-state index contributed by atoms with van der Waals surface area (Å²) in [5, 5.41) is 3.15. The second kappa shape index (κ2) is 6.77. The van der Waals surface area contributed by atoms with Crippen molar-refractivity contribution in [2.45, 2.75) is 29.9 Å². The van der Waals surface area contributed by atoms with Gasteiger partial charge in [0.1, 0.15) is 5.78 Å². The van der Waals surface area contributed by atoms with Gasteiger partial charge in [0.2, 0.25) is 5.91 Å². The molecule has 3 rings (SSSR count). The first-order valence-electron chi connectivity index (χ1n) is 7.37. The van der Waals surface area contributed by atoms with Gasteiger partial charge in [0.15, 0.2) is 0 Å². The molecule has 1 atom stereocenters. The summed E-state index contributed by atoms with van der Waals surface area (Å²) >= 11 is 7.54. The maximum atomic E-state index is 12.4. The van der Waals surface area contributed by atoms with E-state index < -0.39 is 0 Å². The summed E-state index contributed by atoms with van der Waals surface area (Å²) in [7, 11) is 0. The molecule has 0 saturated heterocycles. The standard InChI is InChI=1S/C18H16ClNO2S/c1-11-12(5-4-6-14(11)19)9-13(21)10-17-18(22)20-15-7-2-3-8-16(15)23-17/h2-8,17H,9-10H2,1H3,(H,20,22)/t17-/m1/s1. The van der Waals surface area contributed by atoms with E-state index in [-0.39, 0.29) is 23.4 Å². The lowest BCUT2D eigenvalue weighted by Crippen LogP contribution is -2.31. The maximum absolute atomic E-state index is 12.4. The molecule has 2 aromatic carbocycles. The fourth-order valence-corrected chi connectivity index (χ4v) is 3.90. The molecule has 0 aromatic heterocycles. The number of rotatable bonds is 4. The van der Waals surface area contributed by atoms with Gasteiger partial charge in [0.05, 0.1) is 10.9 Å². The first-order valence-corrected chi connectivity index (χ1v) is 8.62. The van der Waals surface area contributed by atoms with E-state index in [9.17, 15) is 9.59 Å². The van der Waals surface area contributed by atoms with Crippen LogP contribution in [0, 0.1) is 6.92 Å². The zero-order chi connectivity index (χ0) is 16.4. The molecule has 1 aliphatic rings. The number of fused-ring (bicyclic) bond motifs is 1. The summed E-state index contributed by atoms with van der Waals surface area (Å²) in [5.74, 6) is -0.0627. The van der Waals surface area contributed by atoms with Crippen LogP contribution < -0.4 is 5.32 Å². The van der Waals surface area contributed by atoms with Gasteiger partial charge in [-0.05, 0) is 36.2 Å². The van der Waals surface area contributed by atoms with Crippen LogP contribution in [0.15, 0.2) is 47.4 Å². The van der Waals surface area contributed by atoms with E-state index in [0.717, 1.165) is 21.7 Å². The van der Waals surface area contributed by atoms with Crippen LogP contribution in [0.3, 0.4) is 0 Å². The number of Topliss-reactive ketones (excluding diaryl/α,β-unsaturated/α-hetero) is 1. The van der Waals surface area contributed by atoms with E-state index in [4.69, 9.17) is 11.6 Å². The predicted molar refractivity (Wildman–Crippen MR) is 94.2 cm³/mol. The largest absolute Gasteiger partial charge is 0.324 e. The molecule has 1 N–H and O–H groups in total. The molecule has 1 heterocycles. The van der Waals surface area contributed by atoms with Crippen molar-refractivity contribution >= 4 is 40.7 Å². The van der Waals surface area contributed by atoms with E-state index >= 15 is 0 Å². The number of ketones is 1. The van der Waals surface area contributed by atoms with Crippen molar-refractivity contribution in [1.29, 1.82) is 0 Å². The monoisotopic (exact) mass is 345 g/mol. The number of para-hydroxylation sites is 1. The van der Waals surface area contributed by atoms with E-state index in [1.54, 1.807) is 0 Å². The predicted octanol–water partition coefficient (Wildman–Crippen LogP) is 4.26. The second-order valence-corrected chi connectivity index (χ2v) is 7.19. The Labute approximate surface area is 144 Å².